The van der Waals surface area contributed by atoms with Crippen molar-refractivity contribution in [3.05, 3.63) is 23.9 Å². The Kier molecular flexibility index (Phi) is 2.63. The number of nitrogens with zero attached hydrogens (tertiary/aromatic N) is 2. The summed E-state index contributed by atoms with van der Waals surface area (Å²) >= 11 is 0. The maximum Gasteiger partial charge on any atom is 0.194 e. The number of aryl methyl sites for hydroxylation is 1. The Bertz CT molecular complexity index is 276. The second-order valence-electron chi connectivity index (χ2n) is 2.45. The van der Waals surface area contributed by atoms with Crippen LogP contribution in [0.1, 0.15) is 5.56 Å². The average molecular weight is 164 g/mol. The lowest BCUT2D eigenvalue weighted by molar-refractivity contribution is 1.25. The van der Waals surface area contributed by atoms with Gasteiger partial charge in [0.1, 0.15) is 5.82 Å². The van der Waals surface area contributed by atoms with Gasteiger partial charge in [-0.2, -0.15) is 0 Å². The molecule has 1 aromatic rings. The average Bonchev–Trinajstić information content (AvgIpc) is 2.09. The Morgan fingerprint density at radius 2 is 2.33 bits per heavy atom. The highest BCUT2D eigenvalue weighted by Crippen LogP contribution is 2.02. The van der Waals surface area contributed by atoms with E-state index in [-0.39, 0.29) is 0 Å². The minimum atomic E-state index is 0.367. The molecule has 0 unspecified atom stereocenters. The number of nitrogens with two attached hydrogens (primary N) is 1. The highest BCUT2D eigenvalue weighted by molar-refractivity contribution is 5.91. The molecular formula is C8H12N4. The molecule has 0 aromatic carbocycles. The third kappa shape index (κ3) is 2.23. The zero-order chi connectivity index (χ0) is 8.97. The lowest BCUT2D eigenvalue weighted by Gasteiger charge is -2.02. The molecule has 1 rings (SSSR count). The van der Waals surface area contributed by atoms with Crippen LogP contribution in [0.2, 0.25) is 0 Å². The summed E-state index contributed by atoms with van der Waals surface area (Å²) < 4.78 is 0. The summed E-state index contributed by atoms with van der Waals surface area (Å²) in [6, 6.07) is 3.81. The number of guanidine groups is 1. The van der Waals surface area contributed by atoms with Gasteiger partial charge >= 0.3 is 0 Å². The number of anilines is 1. The number of aliphatic imine (C=N–C) groups is 1. The molecule has 0 amide bonds. The van der Waals surface area contributed by atoms with Gasteiger partial charge in [0, 0.05) is 13.2 Å². The lowest BCUT2D eigenvalue weighted by atomic mass is 10.3. The summed E-state index contributed by atoms with van der Waals surface area (Å²) in [7, 11) is 1.62. The van der Waals surface area contributed by atoms with Gasteiger partial charge in [0.2, 0.25) is 0 Å². The fourth-order valence-corrected chi connectivity index (χ4v) is 0.729. The maximum absolute atomic E-state index is 5.44. The van der Waals surface area contributed by atoms with Gasteiger partial charge in [-0.25, -0.2) is 4.98 Å². The topological polar surface area (TPSA) is 63.3 Å². The molecule has 0 saturated heterocycles. The molecule has 12 heavy (non-hydrogen) atoms. The molecule has 0 aliphatic heterocycles. The van der Waals surface area contributed by atoms with Gasteiger partial charge in [0.25, 0.3) is 0 Å². The molecule has 0 atom stereocenters. The predicted molar refractivity (Wildman–Crippen MR) is 50.1 cm³/mol. The van der Waals surface area contributed by atoms with Crippen LogP contribution in [-0.4, -0.2) is 18.0 Å². The molecule has 1 aromatic heterocycles. The number of aromatic nitrogens is 1. The SMILES string of the molecule is CN=C(N)Nc1ccc(C)cn1. The number of pyridine rings is 1. The Balaban J connectivity index is 2.71. The van der Waals surface area contributed by atoms with E-state index in [4.69, 9.17) is 5.73 Å². The molecule has 0 radical (unpaired) electrons. The Hall–Kier alpha value is -1.58. The highest BCUT2D eigenvalue weighted by Gasteiger charge is 1.93. The highest BCUT2D eigenvalue weighted by atomic mass is 15.1. The first-order valence-corrected chi connectivity index (χ1v) is 3.64. The van der Waals surface area contributed by atoms with Crippen LogP contribution in [0.3, 0.4) is 0 Å². The van der Waals surface area contributed by atoms with Crippen molar-refractivity contribution < 1.29 is 0 Å². The van der Waals surface area contributed by atoms with Crippen molar-refractivity contribution in [2.24, 2.45) is 10.7 Å². The van der Waals surface area contributed by atoms with Crippen LogP contribution in [0.15, 0.2) is 23.3 Å². The molecule has 4 nitrogen and oxygen atoms in total. The van der Waals surface area contributed by atoms with E-state index in [1.807, 2.05) is 19.1 Å². The van der Waals surface area contributed by atoms with Crippen LogP contribution in [0.25, 0.3) is 0 Å². The molecule has 0 fully saturated rings. The monoisotopic (exact) mass is 164 g/mol. The molecule has 0 spiro atoms. The number of nitrogens with one attached hydrogen (secondary N) is 1. The number of rotatable bonds is 1. The lowest BCUT2D eigenvalue weighted by Crippen LogP contribution is -2.22. The van der Waals surface area contributed by atoms with Crippen molar-refractivity contribution in [2.45, 2.75) is 6.92 Å². The van der Waals surface area contributed by atoms with E-state index in [1.54, 1.807) is 13.2 Å². The summed E-state index contributed by atoms with van der Waals surface area (Å²) in [5.74, 6) is 1.08. The van der Waals surface area contributed by atoms with E-state index in [2.05, 4.69) is 15.3 Å². The van der Waals surface area contributed by atoms with E-state index in [0.717, 1.165) is 5.56 Å². The molecule has 3 N–H and O–H groups in total. The molecule has 0 saturated carbocycles. The fraction of sp³-hybridized carbons (Fsp3) is 0.250. The summed E-state index contributed by atoms with van der Waals surface area (Å²) in [5, 5.41) is 2.84. The Labute approximate surface area is 71.5 Å². The minimum absolute atomic E-state index is 0.367. The molecular weight excluding hydrogens is 152 g/mol. The molecule has 1 heterocycles. The maximum atomic E-state index is 5.44. The van der Waals surface area contributed by atoms with Crippen LogP contribution >= 0.6 is 0 Å². The first-order valence-electron chi connectivity index (χ1n) is 3.64. The van der Waals surface area contributed by atoms with E-state index in [1.165, 1.54) is 0 Å². The standard InChI is InChI=1S/C8H12N4/c1-6-3-4-7(11-5-6)12-8(9)10-2/h3-5H,1-2H3,(H3,9,10,11,12). The summed E-state index contributed by atoms with van der Waals surface area (Å²) in [5.41, 5.74) is 6.56. The molecule has 0 aliphatic carbocycles. The van der Waals surface area contributed by atoms with Crippen LogP contribution in [0.5, 0.6) is 0 Å². The van der Waals surface area contributed by atoms with Crippen LogP contribution < -0.4 is 11.1 Å². The molecule has 4 heteroatoms. The van der Waals surface area contributed by atoms with E-state index in [0.29, 0.717) is 11.8 Å². The smallest absolute Gasteiger partial charge is 0.194 e. The molecule has 0 aliphatic rings. The number of hydrogen-bond donors (Lipinski definition) is 2. The van der Waals surface area contributed by atoms with Crippen molar-refractivity contribution in [1.82, 2.24) is 4.98 Å². The second kappa shape index (κ2) is 3.71. The van der Waals surface area contributed by atoms with Gasteiger partial charge < -0.3 is 11.1 Å². The van der Waals surface area contributed by atoms with Gasteiger partial charge in [-0.1, -0.05) is 6.07 Å². The summed E-state index contributed by atoms with van der Waals surface area (Å²) in [6.07, 6.45) is 1.77. The number of hydrogen-bond acceptors (Lipinski definition) is 2. The summed E-state index contributed by atoms with van der Waals surface area (Å²) in [4.78, 5) is 7.84. The Morgan fingerprint density at radius 3 is 2.83 bits per heavy atom. The van der Waals surface area contributed by atoms with Gasteiger partial charge in [-0.05, 0) is 18.6 Å². The molecule has 64 valence electrons. The largest absolute Gasteiger partial charge is 0.370 e. The van der Waals surface area contributed by atoms with Crippen LogP contribution in [0, 0.1) is 6.92 Å². The van der Waals surface area contributed by atoms with Gasteiger partial charge in [-0.3, -0.25) is 4.99 Å². The second-order valence-corrected chi connectivity index (χ2v) is 2.45. The van der Waals surface area contributed by atoms with Crippen LogP contribution in [0.4, 0.5) is 5.82 Å². The summed E-state index contributed by atoms with van der Waals surface area (Å²) in [6.45, 7) is 1.98. The van der Waals surface area contributed by atoms with Gasteiger partial charge in [0.05, 0.1) is 0 Å². The first-order chi connectivity index (χ1) is 5.72. The predicted octanol–water partition coefficient (Wildman–Crippen LogP) is 0.746. The third-order valence-corrected chi connectivity index (χ3v) is 1.41. The van der Waals surface area contributed by atoms with Crippen molar-refractivity contribution in [3.63, 3.8) is 0 Å². The van der Waals surface area contributed by atoms with E-state index >= 15 is 0 Å². The van der Waals surface area contributed by atoms with Crippen LogP contribution in [-0.2, 0) is 0 Å². The van der Waals surface area contributed by atoms with Crippen molar-refractivity contribution >= 4 is 11.8 Å². The zero-order valence-corrected chi connectivity index (χ0v) is 7.20. The van der Waals surface area contributed by atoms with Gasteiger partial charge in [0.15, 0.2) is 5.96 Å². The Morgan fingerprint density at radius 1 is 1.58 bits per heavy atom. The first kappa shape index (κ1) is 8.52. The normalized spacial score (nSPS) is 11.3. The van der Waals surface area contributed by atoms with Crippen molar-refractivity contribution in [2.75, 3.05) is 12.4 Å². The zero-order valence-electron chi connectivity index (χ0n) is 7.20. The third-order valence-electron chi connectivity index (χ3n) is 1.41. The molecule has 0 bridgehead atoms. The van der Waals surface area contributed by atoms with Gasteiger partial charge in [-0.15, -0.1) is 0 Å². The van der Waals surface area contributed by atoms with E-state index in [9.17, 15) is 0 Å². The van der Waals surface area contributed by atoms with E-state index < -0.39 is 0 Å². The minimum Gasteiger partial charge on any atom is -0.370 e. The quantitative estimate of drug-likeness (QED) is 0.475. The fourth-order valence-electron chi connectivity index (χ4n) is 0.729. The van der Waals surface area contributed by atoms with Crippen molar-refractivity contribution in [3.8, 4) is 0 Å². The van der Waals surface area contributed by atoms with Crippen molar-refractivity contribution in [1.29, 1.82) is 0 Å².